The van der Waals surface area contributed by atoms with Crippen LogP contribution in [0, 0.1) is 0 Å². The van der Waals surface area contributed by atoms with E-state index in [4.69, 9.17) is 10.1 Å². The molecule has 1 unspecified atom stereocenters. The van der Waals surface area contributed by atoms with E-state index >= 15 is 0 Å². The normalized spacial score (nSPS) is 17.9. The summed E-state index contributed by atoms with van der Waals surface area (Å²) in [6.45, 7) is 5.26. The fourth-order valence-electron chi connectivity index (χ4n) is 3.33. The summed E-state index contributed by atoms with van der Waals surface area (Å²) in [5, 5.41) is 8.50. The highest BCUT2D eigenvalue weighted by Gasteiger charge is 2.25. The van der Waals surface area contributed by atoms with Crippen LogP contribution in [0.25, 0.3) is 0 Å². The molecular weight excluding hydrogens is 360 g/mol. The Kier molecular flexibility index (Phi) is 6.13. The predicted octanol–water partition coefficient (Wildman–Crippen LogP) is 2.29. The Labute approximate surface area is 161 Å². The molecule has 1 saturated heterocycles. The van der Waals surface area contributed by atoms with Crippen molar-refractivity contribution < 1.29 is 8.42 Å². The van der Waals surface area contributed by atoms with Crippen LogP contribution in [0.5, 0.6) is 0 Å². The number of rotatable bonds is 5. The first-order valence-electron chi connectivity index (χ1n) is 9.17. The zero-order valence-electron chi connectivity index (χ0n) is 15.5. The monoisotopic (exact) mass is 386 g/mol. The first-order valence-corrected chi connectivity index (χ1v) is 10.7. The van der Waals surface area contributed by atoms with Gasteiger partial charge in [0.2, 0.25) is 10.0 Å². The fourth-order valence-corrected chi connectivity index (χ4v) is 3.84. The molecule has 7 heteroatoms. The minimum atomic E-state index is -3.66. The highest BCUT2D eigenvalue weighted by Crippen LogP contribution is 2.27. The van der Waals surface area contributed by atoms with E-state index in [1.54, 1.807) is 12.1 Å². The van der Waals surface area contributed by atoms with Gasteiger partial charge >= 0.3 is 0 Å². The number of sulfonamides is 1. The van der Waals surface area contributed by atoms with E-state index in [1.165, 1.54) is 17.7 Å². The van der Waals surface area contributed by atoms with Crippen LogP contribution in [0.15, 0.2) is 64.5 Å². The quantitative estimate of drug-likeness (QED) is 0.610. The van der Waals surface area contributed by atoms with Gasteiger partial charge in [0.15, 0.2) is 5.96 Å². The molecule has 0 bridgehead atoms. The predicted molar refractivity (Wildman–Crippen MR) is 108 cm³/mol. The lowest BCUT2D eigenvalue weighted by Gasteiger charge is -2.22. The van der Waals surface area contributed by atoms with Gasteiger partial charge in [0.25, 0.3) is 0 Å². The molecular formula is C20H26N4O2S. The number of nitrogens with zero attached hydrogens (tertiary/aromatic N) is 2. The number of hydrogen-bond acceptors (Lipinski definition) is 3. The lowest BCUT2D eigenvalue weighted by atomic mass is 9.99. The number of nitrogens with two attached hydrogens (primary N) is 1. The van der Waals surface area contributed by atoms with E-state index in [0.29, 0.717) is 12.5 Å². The summed E-state index contributed by atoms with van der Waals surface area (Å²) in [6, 6.07) is 17.1. The summed E-state index contributed by atoms with van der Waals surface area (Å²) in [5.41, 5.74) is 2.31. The van der Waals surface area contributed by atoms with Crippen LogP contribution in [-0.4, -0.2) is 38.9 Å². The minimum Gasteiger partial charge on any atom is -0.357 e. The van der Waals surface area contributed by atoms with Crippen molar-refractivity contribution in [1.29, 1.82) is 0 Å². The Morgan fingerprint density at radius 2 is 1.89 bits per heavy atom. The Bertz CT molecular complexity index is 880. The van der Waals surface area contributed by atoms with E-state index in [0.717, 1.165) is 37.6 Å². The molecule has 0 amide bonds. The van der Waals surface area contributed by atoms with Crippen molar-refractivity contribution in [1.82, 2.24) is 10.2 Å². The van der Waals surface area contributed by atoms with Gasteiger partial charge < -0.3 is 10.2 Å². The Morgan fingerprint density at radius 3 is 2.52 bits per heavy atom. The smallest absolute Gasteiger partial charge is 0.238 e. The molecule has 2 aromatic rings. The number of aliphatic imine (C=N–C) groups is 1. The van der Waals surface area contributed by atoms with Crippen molar-refractivity contribution >= 4 is 16.0 Å². The molecule has 6 nitrogen and oxygen atoms in total. The number of primary sulfonamides is 1. The number of nitrogens with one attached hydrogen (secondary N) is 1. The second-order valence-corrected chi connectivity index (χ2v) is 8.26. The molecule has 0 saturated carbocycles. The second kappa shape index (κ2) is 8.54. The van der Waals surface area contributed by atoms with Gasteiger partial charge in [0.1, 0.15) is 0 Å². The second-order valence-electron chi connectivity index (χ2n) is 6.70. The maximum absolute atomic E-state index is 11.4. The maximum Gasteiger partial charge on any atom is 0.238 e. The van der Waals surface area contributed by atoms with E-state index in [-0.39, 0.29) is 4.90 Å². The molecule has 1 aliphatic rings. The van der Waals surface area contributed by atoms with Gasteiger partial charge in [0, 0.05) is 25.6 Å². The van der Waals surface area contributed by atoms with Crippen LogP contribution in [0.1, 0.15) is 30.4 Å². The Balaban J connectivity index is 1.68. The topological polar surface area (TPSA) is 87.8 Å². The van der Waals surface area contributed by atoms with Gasteiger partial charge in [-0.05, 0) is 36.6 Å². The zero-order valence-corrected chi connectivity index (χ0v) is 16.3. The average molecular weight is 387 g/mol. The number of guanidine groups is 1. The van der Waals surface area contributed by atoms with Crippen molar-refractivity contribution in [2.75, 3.05) is 19.6 Å². The molecule has 3 N–H and O–H groups in total. The van der Waals surface area contributed by atoms with Crippen LogP contribution >= 0.6 is 0 Å². The number of likely N-dealkylation sites (tertiary alicyclic amines) is 1. The van der Waals surface area contributed by atoms with Gasteiger partial charge in [-0.2, -0.15) is 0 Å². The first-order chi connectivity index (χ1) is 13.0. The minimum absolute atomic E-state index is 0.118. The first kappa shape index (κ1) is 19.4. The third-order valence-electron chi connectivity index (χ3n) is 4.76. The summed E-state index contributed by atoms with van der Waals surface area (Å²) in [5.74, 6) is 1.41. The summed E-state index contributed by atoms with van der Waals surface area (Å²) in [4.78, 5) is 7.15. The lowest BCUT2D eigenvalue weighted by Crippen LogP contribution is -2.40. The van der Waals surface area contributed by atoms with E-state index in [9.17, 15) is 8.42 Å². The molecule has 1 atom stereocenters. The van der Waals surface area contributed by atoms with Crippen LogP contribution in [0.4, 0.5) is 0 Å². The summed E-state index contributed by atoms with van der Waals surface area (Å²) >= 11 is 0. The van der Waals surface area contributed by atoms with Gasteiger partial charge in [0.05, 0.1) is 11.4 Å². The molecule has 0 spiro atoms. The third kappa shape index (κ3) is 5.08. The summed E-state index contributed by atoms with van der Waals surface area (Å²) in [6.07, 6.45) is 1.11. The van der Waals surface area contributed by atoms with Gasteiger partial charge in [-0.15, -0.1) is 0 Å². The molecule has 1 aliphatic heterocycles. The van der Waals surface area contributed by atoms with E-state index < -0.39 is 10.0 Å². The lowest BCUT2D eigenvalue weighted by molar-refractivity contribution is 0.486. The molecule has 0 aromatic heterocycles. The maximum atomic E-state index is 11.4. The molecule has 1 fully saturated rings. The van der Waals surface area contributed by atoms with E-state index in [1.807, 2.05) is 6.07 Å². The number of hydrogen-bond donors (Lipinski definition) is 2. The third-order valence-corrected chi connectivity index (χ3v) is 5.69. The van der Waals surface area contributed by atoms with Crippen LogP contribution in [0.3, 0.4) is 0 Å². The van der Waals surface area contributed by atoms with Crippen molar-refractivity contribution in [3.63, 3.8) is 0 Å². The molecule has 144 valence electrons. The van der Waals surface area contributed by atoms with Crippen LogP contribution < -0.4 is 10.5 Å². The standard InChI is InChI=1S/C20H26N4O2S/c1-2-22-20(23-14-16-8-10-19(11-9-16)27(21,25)26)24-13-12-18(15-24)17-6-4-3-5-7-17/h3-11,18H,2,12-15H2,1H3,(H,22,23)(H2,21,25,26). The Morgan fingerprint density at radius 1 is 1.19 bits per heavy atom. The summed E-state index contributed by atoms with van der Waals surface area (Å²) < 4.78 is 22.7. The van der Waals surface area contributed by atoms with Crippen molar-refractivity contribution in [3.05, 3.63) is 65.7 Å². The average Bonchev–Trinajstić information content (AvgIpc) is 3.15. The SMILES string of the molecule is CCNC(=NCc1ccc(S(N)(=O)=O)cc1)N1CCC(c2ccccc2)C1. The number of benzene rings is 2. The molecule has 1 heterocycles. The van der Waals surface area contributed by atoms with Crippen molar-refractivity contribution in [2.24, 2.45) is 10.1 Å². The van der Waals surface area contributed by atoms with Crippen LogP contribution in [0.2, 0.25) is 0 Å². The van der Waals surface area contributed by atoms with Gasteiger partial charge in [-0.25, -0.2) is 18.5 Å². The zero-order chi connectivity index (χ0) is 19.3. The van der Waals surface area contributed by atoms with E-state index in [2.05, 4.69) is 41.4 Å². The highest BCUT2D eigenvalue weighted by atomic mass is 32.2. The molecule has 3 rings (SSSR count). The van der Waals surface area contributed by atoms with Crippen LogP contribution in [-0.2, 0) is 16.6 Å². The van der Waals surface area contributed by atoms with Gasteiger partial charge in [-0.3, -0.25) is 0 Å². The summed E-state index contributed by atoms with van der Waals surface area (Å²) in [7, 11) is -3.66. The molecule has 2 aromatic carbocycles. The molecule has 0 aliphatic carbocycles. The van der Waals surface area contributed by atoms with Crippen molar-refractivity contribution in [2.45, 2.75) is 30.7 Å². The Hall–Kier alpha value is -2.38. The highest BCUT2D eigenvalue weighted by molar-refractivity contribution is 7.89. The van der Waals surface area contributed by atoms with Crippen molar-refractivity contribution in [3.8, 4) is 0 Å². The molecule has 0 radical (unpaired) electrons. The molecule has 27 heavy (non-hydrogen) atoms. The fraction of sp³-hybridized carbons (Fsp3) is 0.350. The van der Waals surface area contributed by atoms with Gasteiger partial charge in [-0.1, -0.05) is 42.5 Å². The largest absolute Gasteiger partial charge is 0.357 e.